The van der Waals surface area contributed by atoms with E-state index in [-0.39, 0.29) is 18.3 Å². The summed E-state index contributed by atoms with van der Waals surface area (Å²) in [4.78, 5) is 11.4. The zero-order valence-corrected chi connectivity index (χ0v) is 12.4. The fraction of sp³-hybridized carbons (Fsp3) is 0.667. The highest BCUT2D eigenvalue weighted by molar-refractivity contribution is 5.85. The largest absolute Gasteiger partial charge is 0.356 e. The second kappa shape index (κ2) is 8.11. The van der Waals surface area contributed by atoms with Crippen LogP contribution in [0.4, 0.5) is 0 Å². The molecule has 1 heterocycles. The normalized spacial score (nSPS) is 10.0. The lowest BCUT2D eigenvalue weighted by Gasteiger charge is -2.05. The van der Waals surface area contributed by atoms with Gasteiger partial charge in [-0.2, -0.15) is 5.10 Å². The van der Waals surface area contributed by atoms with Gasteiger partial charge in [0.05, 0.1) is 5.69 Å². The van der Waals surface area contributed by atoms with Crippen LogP contribution in [-0.2, 0) is 18.3 Å². The summed E-state index contributed by atoms with van der Waals surface area (Å²) in [6.45, 7) is 5.45. The number of aryl methyl sites for hydroxylation is 2. The summed E-state index contributed by atoms with van der Waals surface area (Å²) in [7, 11) is 3.78. The van der Waals surface area contributed by atoms with Gasteiger partial charge in [0.25, 0.3) is 0 Å². The molecular weight excluding hydrogens is 252 g/mol. The van der Waals surface area contributed by atoms with Crippen molar-refractivity contribution in [2.75, 3.05) is 20.1 Å². The maximum atomic E-state index is 11.4. The average Bonchev–Trinajstić information content (AvgIpc) is 2.53. The van der Waals surface area contributed by atoms with E-state index >= 15 is 0 Å². The minimum atomic E-state index is 0. The Kier molecular flexibility index (Phi) is 7.62. The minimum absolute atomic E-state index is 0. The lowest BCUT2D eigenvalue weighted by Crippen LogP contribution is -2.28. The molecule has 1 aromatic rings. The summed E-state index contributed by atoms with van der Waals surface area (Å²) in [5, 5.41) is 10.2. The van der Waals surface area contributed by atoms with E-state index < -0.39 is 0 Å². The molecule has 0 saturated carbocycles. The van der Waals surface area contributed by atoms with Crippen LogP contribution in [0, 0.1) is 13.8 Å². The van der Waals surface area contributed by atoms with Crippen LogP contribution < -0.4 is 10.6 Å². The van der Waals surface area contributed by atoms with Crippen LogP contribution in [0.5, 0.6) is 0 Å². The molecule has 0 fully saturated rings. The van der Waals surface area contributed by atoms with E-state index in [2.05, 4.69) is 22.7 Å². The van der Waals surface area contributed by atoms with Gasteiger partial charge in [-0.3, -0.25) is 9.48 Å². The van der Waals surface area contributed by atoms with Gasteiger partial charge < -0.3 is 10.6 Å². The molecule has 0 bridgehead atoms. The van der Waals surface area contributed by atoms with E-state index in [0.717, 1.165) is 18.7 Å². The first-order chi connectivity index (χ1) is 8.06. The number of halogens is 1. The van der Waals surface area contributed by atoms with Crippen molar-refractivity contribution in [3.05, 3.63) is 17.0 Å². The zero-order valence-electron chi connectivity index (χ0n) is 11.5. The smallest absolute Gasteiger partial charge is 0.221 e. The third-order valence-corrected chi connectivity index (χ3v) is 2.96. The monoisotopic (exact) mass is 274 g/mol. The number of hydrogen-bond acceptors (Lipinski definition) is 3. The van der Waals surface area contributed by atoms with Crippen LogP contribution in [0.15, 0.2) is 0 Å². The van der Waals surface area contributed by atoms with Gasteiger partial charge in [0.15, 0.2) is 0 Å². The Balaban J connectivity index is 0.00000289. The van der Waals surface area contributed by atoms with Crippen LogP contribution in [0.2, 0.25) is 0 Å². The molecule has 1 amide bonds. The van der Waals surface area contributed by atoms with Crippen molar-refractivity contribution in [3.63, 3.8) is 0 Å². The Morgan fingerprint density at radius 2 is 2.00 bits per heavy atom. The van der Waals surface area contributed by atoms with E-state index in [4.69, 9.17) is 0 Å². The van der Waals surface area contributed by atoms with Crippen molar-refractivity contribution in [3.8, 4) is 0 Å². The predicted octanol–water partition coefficient (Wildman–Crippen LogP) is 0.727. The van der Waals surface area contributed by atoms with Gasteiger partial charge in [-0.25, -0.2) is 0 Å². The number of nitrogens with one attached hydrogen (secondary N) is 2. The first kappa shape index (κ1) is 16.9. The van der Waals surface area contributed by atoms with Crippen LogP contribution in [0.25, 0.3) is 0 Å². The Hall–Kier alpha value is -1.07. The Labute approximate surface area is 115 Å². The Morgan fingerprint density at radius 3 is 2.50 bits per heavy atom. The first-order valence-corrected chi connectivity index (χ1v) is 5.96. The van der Waals surface area contributed by atoms with E-state index in [1.54, 1.807) is 0 Å². The van der Waals surface area contributed by atoms with E-state index in [1.807, 2.05) is 25.7 Å². The lowest BCUT2D eigenvalue weighted by molar-refractivity contribution is -0.120. The van der Waals surface area contributed by atoms with Gasteiger partial charge in [-0.05, 0) is 32.9 Å². The number of nitrogens with zero attached hydrogens (tertiary/aromatic N) is 2. The highest BCUT2D eigenvalue weighted by Gasteiger charge is 2.09. The standard InChI is InChI=1S/C12H22N4O.ClH/c1-9-11(10(2)16(4)15-9)5-8-14-12(17)6-7-13-3;/h13H,5-8H2,1-4H3,(H,14,17);1H. The van der Waals surface area contributed by atoms with Crippen molar-refractivity contribution < 1.29 is 4.79 Å². The zero-order chi connectivity index (χ0) is 12.8. The summed E-state index contributed by atoms with van der Waals surface area (Å²) in [6, 6.07) is 0. The molecule has 0 atom stereocenters. The van der Waals surface area contributed by atoms with Crippen molar-refractivity contribution >= 4 is 18.3 Å². The number of carbonyl (C=O) groups is 1. The maximum Gasteiger partial charge on any atom is 0.221 e. The number of carbonyl (C=O) groups excluding carboxylic acids is 1. The highest BCUT2D eigenvalue weighted by atomic mass is 35.5. The predicted molar refractivity (Wildman–Crippen MR) is 75.2 cm³/mol. The average molecular weight is 275 g/mol. The molecule has 18 heavy (non-hydrogen) atoms. The Morgan fingerprint density at radius 1 is 1.33 bits per heavy atom. The minimum Gasteiger partial charge on any atom is -0.356 e. The maximum absolute atomic E-state index is 11.4. The number of rotatable bonds is 6. The molecule has 1 rings (SSSR count). The molecule has 0 aromatic carbocycles. The SMILES string of the molecule is CNCCC(=O)NCCc1c(C)nn(C)c1C.Cl. The first-order valence-electron chi connectivity index (χ1n) is 5.96. The summed E-state index contributed by atoms with van der Waals surface area (Å²) < 4.78 is 1.88. The van der Waals surface area contributed by atoms with Crippen molar-refractivity contribution in [2.45, 2.75) is 26.7 Å². The highest BCUT2D eigenvalue weighted by Crippen LogP contribution is 2.11. The molecule has 5 nitrogen and oxygen atoms in total. The van der Waals surface area contributed by atoms with Gasteiger partial charge >= 0.3 is 0 Å². The molecule has 0 aliphatic rings. The van der Waals surface area contributed by atoms with Gasteiger partial charge in [0, 0.05) is 32.3 Å². The van der Waals surface area contributed by atoms with E-state index in [9.17, 15) is 4.79 Å². The topological polar surface area (TPSA) is 59.0 Å². The second-order valence-electron chi connectivity index (χ2n) is 4.23. The molecular formula is C12H23ClN4O. The van der Waals surface area contributed by atoms with Gasteiger partial charge in [0.1, 0.15) is 0 Å². The summed E-state index contributed by atoms with van der Waals surface area (Å²) >= 11 is 0. The Bertz CT molecular complexity index is 390. The van der Waals surface area contributed by atoms with Crippen LogP contribution >= 0.6 is 12.4 Å². The number of aromatic nitrogens is 2. The lowest BCUT2D eigenvalue weighted by atomic mass is 10.1. The van der Waals surface area contributed by atoms with Gasteiger partial charge in [-0.15, -0.1) is 12.4 Å². The fourth-order valence-electron chi connectivity index (χ4n) is 1.83. The molecule has 0 aliphatic carbocycles. The fourth-order valence-corrected chi connectivity index (χ4v) is 1.83. The molecule has 1 aromatic heterocycles. The van der Waals surface area contributed by atoms with Crippen LogP contribution in [-0.4, -0.2) is 35.8 Å². The van der Waals surface area contributed by atoms with Crippen molar-refractivity contribution in [2.24, 2.45) is 7.05 Å². The molecule has 0 radical (unpaired) electrons. The molecule has 0 spiro atoms. The quantitative estimate of drug-likeness (QED) is 0.804. The van der Waals surface area contributed by atoms with Gasteiger partial charge in [-0.1, -0.05) is 0 Å². The molecule has 0 unspecified atom stereocenters. The van der Waals surface area contributed by atoms with Crippen LogP contribution in [0.1, 0.15) is 23.4 Å². The third kappa shape index (κ3) is 4.66. The van der Waals surface area contributed by atoms with Crippen molar-refractivity contribution in [1.29, 1.82) is 0 Å². The summed E-state index contributed by atoms with van der Waals surface area (Å²) in [5.74, 6) is 0.0959. The number of hydrogen-bond donors (Lipinski definition) is 2. The molecule has 0 aliphatic heterocycles. The molecule has 0 saturated heterocycles. The van der Waals surface area contributed by atoms with Crippen LogP contribution in [0.3, 0.4) is 0 Å². The number of amides is 1. The summed E-state index contributed by atoms with van der Waals surface area (Å²) in [5.41, 5.74) is 3.46. The van der Waals surface area contributed by atoms with E-state index in [1.165, 1.54) is 11.3 Å². The van der Waals surface area contributed by atoms with Gasteiger partial charge in [0.2, 0.25) is 5.91 Å². The second-order valence-corrected chi connectivity index (χ2v) is 4.23. The summed E-state index contributed by atoms with van der Waals surface area (Å²) in [6.07, 6.45) is 1.37. The molecule has 6 heteroatoms. The third-order valence-electron chi connectivity index (χ3n) is 2.96. The van der Waals surface area contributed by atoms with E-state index in [0.29, 0.717) is 13.0 Å². The molecule has 104 valence electrons. The molecule has 2 N–H and O–H groups in total. The van der Waals surface area contributed by atoms with Crippen molar-refractivity contribution in [1.82, 2.24) is 20.4 Å².